The Morgan fingerprint density at radius 1 is 1.44 bits per heavy atom. The standard InChI is InChI=1S/C10H18N2O3S/c1-8(2)12(7-6-11)9(13)10(3,4)16(5,14)15/h8H,7H2,1-5H3. The molecule has 0 rings (SSSR count). The molecule has 0 aliphatic heterocycles. The van der Waals surface area contributed by atoms with Crippen molar-refractivity contribution in [3.8, 4) is 6.07 Å². The Morgan fingerprint density at radius 2 is 1.88 bits per heavy atom. The van der Waals surface area contributed by atoms with Gasteiger partial charge in [0.25, 0.3) is 0 Å². The SMILES string of the molecule is CC(C)N(CC#N)C(=O)C(C)(C)S(C)(=O)=O. The van der Waals surface area contributed by atoms with Crippen molar-refractivity contribution in [3.05, 3.63) is 0 Å². The van der Waals surface area contributed by atoms with E-state index in [4.69, 9.17) is 5.26 Å². The van der Waals surface area contributed by atoms with Gasteiger partial charge < -0.3 is 4.90 Å². The van der Waals surface area contributed by atoms with Crippen LogP contribution in [0.15, 0.2) is 0 Å². The fourth-order valence-corrected chi connectivity index (χ4v) is 1.50. The van der Waals surface area contributed by atoms with Crippen LogP contribution in [0.1, 0.15) is 27.7 Å². The van der Waals surface area contributed by atoms with Crippen molar-refractivity contribution in [1.29, 1.82) is 5.26 Å². The van der Waals surface area contributed by atoms with E-state index in [2.05, 4.69) is 0 Å². The van der Waals surface area contributed by atoms with E-state index in [9.17, 15) is 13.2 Å². The minimum absolute atomic E-state index is 0.102. The smallest absolute Gasteiger partial charge is 0.244 e. The van der Waals surface area contributed by atoms with Crippen LogP contribution in [-0.4, -0.2) is 42.8 Å². The Labute approximate surface area is 97.0 Å². The second kappa shape index (κ2) is 4.83. The normalized spacial score (nSPS) is 12.3. The van der Waals surface area contributed by atoms with Gasteiger partial charge in [0.15, 0.2) is 9.84 Å². The van der Waals surface area contributed by atoms with Crippen molar-refractivity contribution in [1.82, 2.24) is 4.90 Å². The fraction of sp³-hybridized carbons (Fsp3) is 0.800. The summed E-state index contributed by atoms with van der Waals surface area (Å²) in [6.07, 6.45) is 1.02. The summed E-state index contributed by atoms with van der Waals surface area (Å²) >= 11 is 0. The lowest BCUT2D eigenvalue weighted by Crippen LogP contribution is -2.52. The third kappa shape index (κ3) is 2.95. The molecular weight excluding hydrogens is 228 g/mol. The largest absolute Gasteiger partial charge is 0.326 e. The van der Waals surface area contributed by atoms with Crippen LogP contribution in [0.25, 0.3) is 0 Å². The fourth-order valence-electron chi connectivity index (χ4n) is 1.07. The molecule has 0 atom stereocenters. The van der Waals surface area contributed by atoms with Crippen molar-refractivity contribution in [2.75, 3.05) is 12.8 Å². The Kier molecular flexibility index (Phi) is 4.50. The summed E-state index contributed by atoms with van der Waals surface area (Å²) in [6, 6.07) is 1.66. The van der Waals surface area contributed by atoms with E-state index in [0.717, 1.165) is 6.26 Å². The first-order valence-corrected chi connectivity index (χ1v) is 6.82. The molecule has 0 saturated heterocycles. The third-order valence-corrected chi connectivity index (χ3v) is 4.60. The molecule has 0 unspecified atom stereocenters. The van der Waals surface area contributed by atoms with Gasteiger partial charge in [-0.1, -0.05) is 0 Å². The maximum atomic E-state index is 12.0. The van der Waals surface area contributed by atoms with E-state index in [1.165, 1.54) is 18.7 Å². The Morgan fingerprint density at radius 3 is 2.12 bits per heavy atom. The Balaban J connectivity index is 5.27. The van der Waals surface area contributed by atoms with E-state index in [0.29, 0.717) is 0 Å². The van der Waals surface area contributed by atoms with Gasteiger partial charge in [-0.25, -0.2) is 8.42 Å². The zero-order valence-corrected chi connectivity index (χ0v) is 11.1. The summed E-state index contributed by atoms with van der Waals surface area (Å²) in [7, 11) is -3.50. The van der Waals surface area contributed by atoms with Crippen molar-refractivity contribution < 1.29 is 13.2 Å². The van der Waals surface area contributed by atoms with Crippen LogP contribution >= 0.6 is 0 Å². The molecule has 0 spiro atoms. The number of amides is 1. The maximum Gasteiger partial charge on any atom is 0.244 e. The summed E-state index contributed by atoms with van der Waals surface area (Å²) in [5.74, 6) is -0.536. The lowest BCUT2D eigenvalue weighted by molar-refractivity contribution is -0.134. The molecule has 0 fully saturated rings. The van der Waals surface area contributed by atoms with Gasteiger partial charge in [0.1, 0.15) is 11.3 Å². The monoisotopic (exact) mass is 246 g/mol. The molecule has 0 bridgehead atoms. The molecule has 0 aliphatic carbocycles. The summed E-state index contributed by atoms with van der Waals surface area (Å²) in [5.41, 5.74) is 0. The summed E-state index contributed by atoms with van der Waals surface area (Å²) in [4.78, 5) is 13.3. The van der Waals surface area contributed by atoms with Crippen molar-refractivity contribution in [2.24, 2.45) is 0 Å². The Bertz CT molecular complexity index is 404. The van der Waals surface area contributed by atoms with Gasteiger partial charge in [-0.2, -0.15) is 5.26 Å². The minimum atomic E-state index is -3.50. The Hall–Kier alpha value is -1.09. The molecule has 92 valence electrons. The first kappa shape index (κ1) is 14.9. The predicted molar refractivity (Wildman–Crippen MR) is 61.4 cm³/mol. The average Bonchev–Trinajstić information content (AvgIpc) is 2.10. The van der Waals surface area contributed by atoms with Gasteiger partial charge in [0, 0.05) is 12.3 Å². The highest BCUT2D eigenvalue weighted by Crippen LogP contribution is 2.19. The molecule has 0 saturated carbocycles. The van der Waals surface area contributed by atoms with Crippen LogP contribution in [0.4, 0.5) is 0 Å². The van der Waals surface area contributed by atoms with Crippen LogP contribution in [0, 0.1) is 11.3 Å². The molecule has 16 heavy (non-hydrogen) atoms. The number of carbonyl (C=O) groups excluding carboxylic acids is 1. The van der Waals surface area contributed by atoms with Crippen molar-refractivity contribution in [3.63, 3.8) is 0 Å². The molecular formula is C10H18N2O3S. The number of hydrogen-bond acceptors (Lipinski definition) is 4. The quantitative estimate of drug-likeness (QED) is 0.679. The van der Waals surface area contributed by atoms with E-state index >= 15 is 0 Å². The van der Waals surface area contributed by atoms with Gasteiger partial charge >= 0.3 is 0 Å². The van der Waals surface area contributed by atoms with E-state index in [-0.39, 0.29) is 12.6 Å². The molecule has 5 nitrogen and oxygen atoms in total. The highest BCUT2D eigenvalue weighted by atomic mass is 32.2. The van der Waals surface area contributed by atoms with Gasteiger partial charge in [0.05, 0.1) is 6.07 Å². The number of hydrogen-bond donors (Lipinski definition) is 0. The zero-order valence-electron chi connectivity index (χ0n) is 10.3. The lowest BCUT2D eigenvalue weighted by Gasteiger charge is -2.31. The molecule has 6 heteroatoms. The van der Waals surface area contributed by atoms with Crippen LogP contribution in [0.2, 0.25) is 0 Å². The lowest BCUT2D eigenvalue weighted by atomic mass is 10.1. The van der Waals surface area contributed by atoms with Gasteiger partial charge in [-0.05, 0) is 27.7 Å². The molecule has 1 amide bonds. The number of nitriles is 1. The van der Waals surface area contributed by atoms with Gasteiger partial charge in [0.2, 0.25) is 5.91 Å². The number of rotatable bonds is 4. The van der Waals surface area contributed by atoms with Crippen LogP contribution in [-0.2, 0) is 14.6 Å². The predicted octanol–water partition coefficient (Wildman–Crippen LogP) is 0.570. The molecule has 0 aromatic heterocycles. The highest BCUT2D eigenvalue weighted by molar-refractivity contribution is 7.92. The molecule has 0 N–H and O–H groups in total. The first-order valence-electron chi connectivity index (χ1n) is 4.93. The molecule has 0 heterocycles. The number of nitrogens with zero attached hydrogens (tertiary/aromatic N) is 2. The molecule has 0 radical (unpaired) electrons. The van der Waals surface area contributed by atoms with Crippen molar-refractivity contribution >= 4 is 15.7 Å². The second-order valence-corrected chi connectivity index (χ2v) is 7.03. The van der Waals surface area contributed by atoms with Gasteiger partial charge in [-0.3, -0.25) is 4.79 Å². The number of carbonyl (C=O) groups is 1. The van der Waals surface area contributed by atoms with E-state index < -0.39 is 20.5 Å². The van der Waals surface area contributed by atoms with Crippen LogP contribution in [0.5, 0.6) is 0 Å². The first-order chi connectivity index (χ1) is 7.05. The highest BCUT2D eigenvalue weighted by Gasteiger charge is 2.41. The second-order valence-electron chi connectivity index (χ2n) is 4.47. The third-order valence-electron chi connectivity index (χ3n) is 2.57. The minimum Gasteiger partial charge on any atom is -0.326 e. The van der Waals surface area contributed by atoms with Gasteiger partial charge in [-0.15, -0.1) is 0 Å². The molecule has 0 aromatic rings. The molecule has 0 aromatic carbocycles. The zero-order chi connectivity index (χ0) is 13.1. The molecule has 0 aliphatic rings. The van der Waals surface area contributed by atoms with Crippen LogP contribution < -0.4 is 0 Å². The van der Waals surface area contributed by atoms with Crippen LogP contribution in [0.3, 0.4) is 0 Å². The summed E-state index contributed by atoms with van der Waals surface area (Å²) < 4.78 is 21.5. The summed E-state index contributed by atoms with van der Waals surface area (Å²) in [5, 5.41) is 8.61. The van der Waals surface area contributed by atoms with E-state index in [1.54, 1.807) is 13.8 Å². The number of sulfone groups is 1. The summed E-state index contributed by atoms with van der Waals surface area (Å²) in [6.45, 7) is 6.10. The average molecular weight is 246 g/mol. The van der Waals surface area contributed by atoms with Crippen molar-refractivity contribution in [2.45, 2.75) is 38.5 Å². The maximum absolute atomic E-state index is 12.0. The topological polar surface area (TPSA) is 78.2 Å². The van der Waals surface area contributed by atoms with E-state index in [1.807, 2.05) is 6.07 Å².